The maximum atomic E-state index is 4.15. The number of benzene rings is 2. The van der Waals surface area contributed by atoms with Gasteiger partial charge in [-0.15, -0.1) is 5.10 Å². The highest BCUT2D eigenvalue weighted by Crippen LogP contribution is 2.25. The van der Waals surface area contributed by atoms with Crippen LogP contribution >= 0.6 is 27.7 Å². The molecule has 22 heavy (non-hydrogen) atoms. The van der Waals surface area contributed by atoms with Gasteiger partial charge in [-0.25, -0.2) is 0 Å². The fourth-order valence-corrected chi connectivity index (χ4v) is 3.20. The molecular weight excluding hydrogens is 360 g/mol. The molecule has 0 unspecified atom stereocenters. The van der Waals surface area contributed by atoms with Crippen molar-refractivity contribution in [2.45, 2.75) is 24.8 Å². The number of aryl methyl sites for hydroxylation is 2. The molecule has 6 heteroatoms. The van der Waals surface area contributed by atoms with E-state index in [1.165, 1.54) is 11.1 Å². The SMILES string of the molecule is Cc1ccc(C)c(-n2nnnc2SCc2ccc(Br)cc2)c1. The third kappa shape index (κ3) is 3.39. The zero-order valence-corrected chi connectivity index (χ0v) is 14.7. The van der Waals surface area contributed by atoms with Gasteiger partial charge in [0.05, 0.1) is 5.69 Å². The summed E-state index contributed by atoms with van der Waals surface area (Å²) < 4.78 is 2.90. The minimum Gasteiger partial charge on any atom is -0.187 e. The molecule has 0 saturated carbocycles. The van der Waals surface area contributed by atoms with Gasteiger partial charge in [-0.3, -0.25) is 0 Å². The molecule has 112 valence electrons. The van der Waals surface area contributed by atoms with E-state index in [1.54, 1.807) is 11.8 Å². The fraction of sp³-hybridized carbons (Fsp3) is 0.188. The van der Waals surface area contributed by atoms with Crippen molar-refractivity contribution < 1.29 is 0 Å². The summed E-state index contributed by atoms with van der Waals surface area (Å²) in [5.41, 5.74) is 4.62. The third-order valence-electron chi connectivity index (χ3n) is 3.31. The molecule has 4 nitrogen and oxygen atoms in total. The molecule has 0 aliphatic carbocycles. The van der Waals surface area contributed by atoms with Crippen molar-refractivity contribution in [2.24, 2.45) is 0 Å². The van der Waals surface area contributed by atoms with Gasteiger partial charge in [0.1, 0.15) is 0 Å². The second kappa shape index (κ2) is 6.62. The zero-order valence-electron chi connectivity index (χ0n) is 12.3. The summed E-state index contributed by atoms with van der Waals surface area (Å²) in [5.74, 6) is 0.832. The molecular formula is C16H15BrN4S. The number of hydrogen-bond donors (Lipinski definition) is 0. The van der Waals surface area contributed by atoms with Gasteiger partial charge in [0.2, 0.25) is 5.16 Å². The summed E-state index contributed by atoms with van der Waals surface area (Å²) in [4.78, 5) is 0. The maximum absolute atomic E-state index is 4.15. The number of nitrogens with zero attached hydrogens (tertiary/aromatic N) is 4. The molecule has 0 fully saturated rings. The lowest BCUT2D eigenvalue weighted by atomic mass is 10.1. The lowest BCUT2D eigenvalue weighted by Gasteiger charge is -2.08. The standard InChI is InChI=1S/C16H15BrN4S/c1-11-3-4-12(2)15(9-11)21-16(18-19-20-21)22-10-13-5-7-14(17)8-6-13/h3-9H,10H2,1-2H3. The first-order valence-electron chi connectivity index (χ1n) is 6.87. The summed E-state index contributed by atoms with van der Waals surface area (Å²) in [6.45, 7) is 4.14. The Labute approximate surface area is 142 Å². The Kier molecular flexibility index (Phi) is 4.59. The molecule has 0 spiro atoms. The molecule has 0 saturated heterocycles. The summed E-state index contributed by atoms with van der Waals surface area (Å²) in [5, 5.41) is 12.9. The minimum atomic E-state index is 0.802. The normalized spacial score (nSPS) is 10.9. The molecule has 0 bridgehead atoms. The highest BCUT2D eigenvalue weighted by atomic mass is 79.9. The quantitative estimate of drug-likeness (QED) is 0.637. The van der Waals surface area contributed by atoms with Crippen molar-refractivity contribution in [3.63, 3.8) is 0 Å². The van der Waals surface area contributed by atoms with Crippen LogP contribution in [-0.4, -0.2) is 20.2 Å². The lowest BCUT2D eigenvalue weighted by Crippen LogP contribution is -2.02. The lowest BCUT2D eigenvalue weighted by molar-refractivity contribution is 0.751. The minimum absolute atomic E-state index is 0.802. The second-order valence-corrected chi connectivity index (χ2v) is 6.94. The average Bonchev–Trinajstić information content (AvgIpc) is 2.97. The molecule has 0 radical (unpaired) electrons. The highest BCUT2D eigenvalue weighted by Gasteiger charge is 2.11. The fourth-order valence-electron chi connectivity index (χ4n) is 2.10. The van der Waals surface area contributed by atoms with E-state index < -0.39 is 0 Å². The third-order valence-corrected chi connectivity index (χ3v) is 4.83. The van der Waals surface area contributed by atoms with Crippen LogP contribution in [0.1, 0.15) is 16.7 Å². The van der Waals surface area contributed by atoms with Gasteiger partial charge in [0.15, 0.2) is 0 Å². The van der Waals surface area contributed by atoms with E-state index in [1.807, 2.05) is 16.8 Å². The van der Waals surface area contributed by atoms with Gasteiger partial charge in [-0.2, -0.15) is 4.68 Å². The molecule has 0 N–H and O–H groups in total. The van der Waals surface area contributed by atoms with Crippen molar-refractivity contribution >= 4 is 27.7 Å². The van der Waals surface area contributed by atoms with Gasteiger partial charge in [-0.05, 0) is 59.2 Å². The number of tetrazole rings is 1. The largest absolute Gasteiger partial charge is 0.214 e. The first kappa shape index (κ1) is 15.2. The van der Waals surface area contributed by atoms with E-state index in [4.69, 9.17) is 0 Å². The number of rotatable bonds is 4. The summed E-state index contributed by atoms with van der Waals surface area (Å²) in [6.07, 6.45) is 0. The second-order valence-electron chi connectivity index (χ2n) is 5.08. The van der Waals surface area contributed by atoms with E-state index in [9.17, 15) is 0 Å². The molecule has 0 aliphatic rings. The van der Waals surface area contributed by atoms with Gasteiger partial charge >= 0.3 is 0 Å². The van der Waals surface area contributed by atoms with Crippen LogP contribution in [0.4, 0.5) is 0 Å². The van der Waals surface area contributed by atoms with E-state index >= 15 is 0 Å². The molecule has 0 aliphatic heterocycles. The Balaban J connectivity index is 1.83. The van der Waals surface area contributed by atoms with Crippen LogP contribution in [0.15, 0.2) is 52.1 Å². The summed E-state index contributed by atoms with van der Waals surface area (Å²) in [6, 6.07) is 14.6. The van der Waals surface area contributed by atoms with Crippen LogP contribution in [0.5, 0.6) is 0 Å². The average molecular weight is 375 g/mol. The van der Waals surface area contributed by atoms with Gasteiger partial charge in [0, 0.05) is 10.2 Å². The molecule has 3 aromatic rings. The van der Waals surface area contributed by atoms with Crippen LogP contribution in [0, 0.1) is 13.8 Å². The van der Waals surface area contributed by atoms with Crippen molar-refractivity contribution in [3.05, 3.63) is 63.6 Å². The topological polar surface area (TPSA) is 43.6 Å². The van der Waals surface area contributed by atoms with Crippen LogP contribution < -0.4 is 0 Å². The van der Waals surface area contributed by atoms with E-state index in [-0.39, 0.29) is 0 Å². The predicted molar refractivity (Wildman–Crippen MR) is 92.3 cm³/mol. The van der Waals surface area contributed by atoms with E-state index in [0.717, 1.165) is 26.6 Å². The Hall–Kier alpha value is -1.66. The molecule has 2 aromatic carbocycles. The molecule has 1 aromatic heterocycles. The highest BCUT2D eigenvalue weighted by molar-refractivity contribution is 9.10. The van der Waals surface area contributed by atoms with Gasteiger partial charge in [-0.1, -0.05) is 52.0 Å². The maximum Gasteiger partial charge on any atom is 0.214 e. The van der Waals surface area contributed by atoms with E-state index in [0.29, 0.717) is 0 Å². The number of hydrogen-bond acceptors (Lipinski definition) is 4. The summed E-state index contributed by atoms with van der Waals surface area (Å²) >= 11 is 5.08. The zero-order chi connectivity index (χ0) is 15.5. The van der Waals surface area contributed by atoms with Crippen LogP contribution in [0.3, 0.4) is 0 Å². The summed E-state index contributed by atoms with van der Waals surface area (Å²) in [7, 11) is 0. The molecule has 1 heterocycles. The monoisotopic (exact) mass is 374 g/mol. The number of aromatic nitrogens is 4. The van der Waals surface area contributed by atoms with Crippen LogP contribution in [0.2, 0.25) is 0 Å². The van der Waals surface area contributed by atoms with Crippen molar-refractivity contribution in [2.75, 3.05) is 0 Å². The first-order valence-corrected chi connectivity index (χ1v) is 8.64. The van der Waals surface area contributed by atoms with Gasteiger partial charge < -0.3 is 0 Å². The smallest absolute Gasteiger partial charge is 0.187 e. The van der Waals surface area contributed by atoms with Gasteiger partial charge in [0.25, 0.3) is 0 Å². The Morgan fingerprint density at radius 2 is 1.86 bits per heavy atom. The number of thioether (sulfide) groups is 1. The van der Waals surface area contributed by atoms with Crippen molar-refractivity contribution in [1.29, 1.82) is 0 Å². The Morgan fingerprint density at radius 3 is 2.64 bits per heavy atom. The molecule has 0 atom stereocenters. The van der Waals surface area contributed by atoms with Crippen molar-refractivity contribution in [3.8, 4) is 5.69 Å². The van der Waals surface area contributed by atoms with E-state index in [2.05, 4.69) is 75.6 Å². The first-order chi connectivity index (χ1) is 10.6. The van der Waals surface area contributed by atoms with Crippen LogP contribution in [-0.2, 0) is 5.75 Å². The molecule has 3 rings (SSSR count). The Bertz CT molecular complexity index is 783. The Morgan fingerprint density at radius 1 is 1.09 bits per heavy atom. The molecule has 0 amide bonds. The van der Waals surface area contributed by atoms with Crippen molar-refractivity contribution in [1.82, 2.24) is 20.2 Å². The van der Waals surface area contributed by atoms with Crippen LogP contribution in [0.25, 0.3) is 5.69 Å². The predicted octanol–water partition coefficient (Wildman–Crippen LogP) is 4.33. The number of halogens is 1.